The van der Waals surface area contributed by atoms with Gasteiger partial charge in [0.25, 0.3) is 0 Å². The van der Waals surface area contributed by atoms with Crippen LogP contribution in [0.3, 0.4) is 0 Å². The second-order valence-corrected chi connectivity index (χ2v) is 8.54. The molecule has 3 aromatic rings. The van der Waals surface area contributed by atoms with E-state index in [1.165, 1.54) is 18.7 Å². The van der Waals surface area contributed by atoms with Gasteiger partial charge in [-0.25, -0.2) is 4.98 Å². The smallest absolute Gasteiger partial charge is 0.231 e. The van der Waals surface area contributed by atoms with Crippen LogP contribution in [-0.4, -0.2) is 33.0 Å². The summed E-state index contributed by atoms with van der Waals surface area (Å²) in [6, 6.07) is 17.2. The lowest BCUT2D eigenvalue weighted by Gasteiger charge is -2.16. The van der Waals surface area contributed by atoms with Gasteiger partial charge in [-0.2, -0.15) is 0 Å². The van der Waals surface area contributed by atoms with E-state index in [2.05, 4.69) is 29.8 Å². The van der Waals surface area contributed by atoms with Gasteiger partial charge in [-0.3, -0.25) is 9.59 Å². The topological polar surface area (TPSA) is 64.0 Å². The summed E-state index contributed by atoms with van der Waals surface area (Å²) < 4.78 is 2.17. The first-order chi connectivity index (χ1) is 13.9. The standard InChI is InChI=1S/C23H27N3O2S/c1-16(2)14-26-21-12-8-7-11-19(21)25-23(26)29-15-22(28)24-20(17(3)27)13-18-9-5-4-6-10-18/h4-12,16,20H,13-15H2,1-3H3,(H,24,28). The van der Waals surface area contributed by atoms with Gasteiger partial charge in [-0.15, -0.1) is 0 Å². The molecule has 29 heavy (non-hydrogen) atoms. The van der Waals surface area contributed by atoms with Crippen LogP contribution in [0.1, 0.15) is 26.3 Å². The fourth-order valence-electron chi connectivity index (χ4n) is 3.22. The number of imidazole rings is 1. The minimum absolute atomic E-state index is 0.0424. The number of fused-ring (bicyclic) bond motifs is 1. The highest BCUT2D eigenvalue weighted by Gasteiger charge is 2.19. The first-order valence-corrected chi connectivity index (χ1v) is 10.8. The number of ketones is 1. The van der Waals surface area contributed by atoms with Gasteiger partial charge in [-0.1, -0.05) is 68.1 Å². The van der Waals surface area contributed by atoms with Gasteiger partial charge in [0, 0.05) is 6.54 Å². The Balaban J connectivity index is 1.67. The number of hydrogen-bond donors (Lipinski definition) is 1. The highest BCUT2D eigenvalue weighted by atomic mass is 32.2. The van der Waals surface area contributed by atoms with Gasteiger partial charge in [0.1, 0.15) is 0 Å². The Morgan fingerprint density at radius 1 is 1.07 bits per heavy atom. The number of nitrogens with one attached hydrogen (secondary N) is 1. The quantitative estimate of drug-likeness (QED) is 0.541. The van der Waals surface area contributed by atoms with Crippen LogP contribution in [0.5, 0.6) is 0 Å². The number of benzene rings is 2. The van der Waals surface area contributed by atoms with Crippen molar-refractivity contribution in [2.75, 3.05) is 5.75 Å². The molecule has 0 spiro atoms. The van der Waals surface area contributed by atoms with Crippen molar-refractivity contribution in [2.45, 2.75) is 44.9 Å². The average molecular weight is 410 g/mol. The SMILES string of the molecule is CC(=O)C(Cc1ccccc1)NC(=O)CSc1nc2ccccc2n1CC(C)C. The van der Waals surface area contributed by atoms with Crippen molar-refractivity contribution in [2.24, 2.45) is 5.92 Å². The molecule has 0 aliphatic rings. The maximum absolute atomic E-state index is 12.5. The first kappa shape index (κ1) is 21.1. The third-order valence-electron chi connectivity index (χ3n) is 4.61. The molecule has 1 amide bonds. The number of rotatable bonds is 9. The van der Waals surface area contributed by atoms with E-state index < -0.39 is 6.04 Å². The molecule has 5 nitrogen and oxygen atoms in total. The number of aromatic nitrogens is 2. The van der Waals surface area contributed by atoms with Crippen LogP contribution in [0.2, 0.25) is 0 Å². The number of hydrogen-bond acceptors (Lipinski definition) is 4. The number of nitrogens with zero attached hydrogens (tertiary/aromatic N) is 2. The van der Waals surface area contributed by atoms with Gasteiger partial charge in [0.05, 0.1) is 22.8 Å². The maximum atomic E-state index is 12.5. The molecular formula is C23H27N3O2S. The second-order valence-electron chi connectivity index (χ2n) is 7.60. The third-order valence-corrected chi connectivity index (χ3v) is 5.58. The van der Waals surface area contributed by atoms with E-state index in [4.69, 9.17) is 4.98 Å². The zero-order valence-corrected chi connectivity index (χ0v) is 17.9. The predicted octanol–water partition coefficient (Wildman–Crippen LogP) is 4.10. The van der Waals surface area contributed by atoms with Crippen molar-refractivity contribution in [3.63, 3.8) is 0 Å². The Morgan fingerprint density at radius 2 is 1.76 bits per heavy atom. The molecule has 1 aromatic heterocycles. The fraction of sp³-hybridized carbons (Fsp3) is 0.348. The fourth-order valence-corrected chi connectivity index (χ4v) is 4.05. The van der Waals surface area contributed by atoms with E-state index >= 15 is 0 Å². The summed E-state index contributed by atoms with van der Waals surface area (Å²) >= 11 is 1.41. The number of carbonyl (C=O) groups excluding carboxylic acids is 2. The molecule has 1 N–H and O–H groups in total. The molecule has 152 valence electrons. The van der Waals surface area contributed by atoms with Gasteiger partial charge >= 0.3 is 0 Å². The van der Waals surface area contributed by atoms with E-state index in [1.807, 2.05) is 48.5 Å². The summed E-state index contributed by atoms with van der Waals surface area (Å²) in [5.41, 5.74) is 3.04. The Kier molecular flexibility index (Phi) is 7.09. The summed E-state index contributed by atoms with van der Waals surface area (Å²) in [6.45, 7) is 6.69. The zero-order valence-electron chi connectivity index (χ0n) is 17.1. The number of para-hydroxylation sites is 2. The van der Waals surface area contributed by atoms with Gasteiger partial charge < -0.3 is 9.88 Å². The summed E-state index contributed by atoms with van der Waals surface area (Å²) in [5, 5.41) is 3.71. The molecule has 1 unspecified atom stereocenters. The Labute approximate surface area is 175 Å². The molecule has 2 aromatic carbocycles. The van der Waals surface area contributed by atoms with Crippen molar-refractivity contribution in [1.29, 1.82) is 0 Å². The molecule has 0 aliphatic heterocycles. The predicted molar refractivity (Wildman–Crippen MR) is 118 cm³/mol. The minimum Gasteiger partial charge on any atom is -0.345 e. The number of Topliss-reactive ketones (excluding diaryl/α,β-unsaturated/α-hetero) is 1. The van der Waals surface area contributed by atoms with Crippen molar-refractivity contribution < 1.29 is 9.59 Å². The van der Waals surface area contributed by atoms with Crippen molar-refractivity contribution in [1.82, 2.24) is 14.9 Å². The summed E-state index contributed by atoms with van der Waals surface area (Å²) in [4.78, 5) is 29.3. The van der Waals surface area contributed by atoms with Crippen LogP contribution >= 0.6 is 11.8 Å². The lowest BCUT2D eigenvalue weighted by atomic mass is 10.0. The van der Waals surface area contributed by atoms with Crippen LogP contribution in [0.4, 0.5) is 0 Å². The Hall–Kier alpha value is -2.60. The molecular weight excluding hydrogens is 382 g/mol. The summed E-state index contributed by atoms with van der Waals surface area (Å²) in [5.74, 6) is 0.488. The maximum Gasteiger partial charge on any atom is 0.231 e. The second kappa shape index (κ2) is 9.74. The van der Waals surface area contributed by atoms with Crippen LogP contribution in [0, 0.1) is 5.92 Å². The molecule has 3 rings (SSSR count). The molecule has 0 bridgehead atoms. The first-order valence-electron chi connectivity index (χ1n) is 9.86. The molecule has 1 atom stereocenters. The molecule has 0 radical (unpaired) electrons. The van der Waals surface area contributed by atoms with Crippen LogP contribution in [0.15, 0.2) is 59.8 Å². The normalized spacial score (nSPS) is 12.3. The van der Waals surface area contributed by atoms with E-state index in [0.717, 1.165) is 28.3 Å². The van der Waals surface area contributed by atoms with Crippen LogP contribution in [0.25, 0.3) is 11.0 Å². The van der Waals surface area contributed by atoms with E-state index in [-0.39, 0.29) is 17.4 Å². The molecule has 0 saturated heterocycles. The highest BCUT2D eigenvalue weighted by molar-refractivity contribution is 7.99. The molecule has 1 heterocycles. The van der Waals surface area contributed by atoms with Crippen LogP contribution < -0.4 is 5.32 Å². The molecule has 0 fully saturated rings. The molecule has 0 saturated carbocycles. The minimum atomic E-state index is -0.514. The number of amides is 1. The van der Waals surface area contributed by atoms with E-state index in [1.54, 1.807) is 0 Å². The zero-order chi connectivity index (χ0) is 20.8. The third kappa shape index (κ3) is 5.70. The molecule has 6 heteroatoms. The van der Waals surface area contributed by atoms with Crippen molar-refractivity contribution in [3.05, 3.63) is 60.2 Å². The molecule has 0 aliphatic carbocycles. The van der Waals surface area contributed by atoms with Gasteiger partial charge in [-0.05, 0) is 37.0 Å². The van der Waals surface area contributed by atoms with E-state index in [0.29, 0.717) is 12.3 Å². The Morgan fingerprint density at radius 3 is 2.45 bits per heavy atom. The largest absolute Gasteiger partial charge is 0.345 e. The van der Waals surface area contributed by atoms with Gasteiger partial charge in [0.2, 0.25) is 5.91 Å². The van der Waals surface area contributed by atoms with Crippen LogP contribution in [-0.2, 0) is 22.6 Å². The van der Waals surface area contributed by atoms with Crippen molar-refractivity contribution >= 4 is 34.5 Å². The number of carbonyl (C=O) groups is 2. The lowest BCUT2D eigenvalue weighted by molar-refractivity contribution is -0.125. The highest BCUT2D eigenvalue weighted by Crippen LogP contribution is 2.25. The summed E-state index contributed by atoms with van der Waals surface area (Å²) in [6.07, 6.45) is 0.498. The average Bonchev–Trinajstić information content (AvgIpc) is 3.03. The lowest BCUT2D eigenvalue weighted by Crippen LogP contribution is -2.42. The summed E-state index contributed by atoms with van der Waals surface area (Å²) in [7, 11) is 0. The van der Waals surface area contributed by atoms with E-state index in [9.17, 15) is 9.59 Å². The number of thioether (sulfide) groups is 1. The van der Waals surface area contributed by atoms with Gasteiger partial charge in [0.15, 0.2) is 10.9 Å². The van der Waals surface area contributed by atoms with Crippen molar-refractivity contribution in [3.8, 4) is 0 Å². The Bertz CT molecular complexity index is 982. The monoisotopic (exact) mass is 409 g/mol.